The molecule has 0 atom stereocenters. The number of hydrogen-bond donors (Lipinski definition) is 0. The second-order valence-corrected chi connectivity index (χ2v) is 14.6. The minimum Gasteiger partial charge on any atom is -0.255 e. The molecule has 10 aromatic rings. The Bertz CT molecular complexity index is 2950. The lowest BCUT2D eigenvalue weighted by atomic mass is 9.98. The van der Waals surface area contributed by atoms with Crippen molar-refractivity contribution in [3.05, 3.63) is 225 Å². The normalized spacial score (nSPS) is 11.0. The molecule has 4 heterocycles. The van der Waals surface area contributed by atoms with Crippen LogP contribution in [0.1, 0.15) is 0 Å². The number of hydrogen-bond acceptors (Lipinski definition) is 5. The van der Waals surface area contributed by atoms with Gasteiger partial charge in [-0.25, -0.2) is 15.0 Å². The average molecular weight is 768 g/mol. The van der Waals surface area contributed by atoms with E-state index in [0.29, 0.717) is 5.82 Å². The molecule has 6 aromatic carbocycles. The molecule has 0 N–H and O–H groups in total. The Balaban J connectivity index is 0.900. The number of pyridine rings is 3. The Morgan fingerprint density at radius 3 is 1.08 bits per heavy atom. The molecule has 5 heteroatoms. The van der Waals surface area contributed by atoms with Crippen LogP contribution in [0.4, 0.5) is 0 Å². The van der Waals surface area contributed by atoms with E-state index in [1.165, 1.54) is 11.1 Å². The smallest absolute Gasteiger partial charge is 0.160 e. The first kappa shape index (κ1) is 36.2. The zero-order valence-corrected chi connectivity index (χ0v) is 32.6. The van der Waals surface area contributed by atoms with Crippen LogP contribution >= 0.6 is 0 Å². The molecule has 0 fully saturated rings. The molecule has 0 saturated heterocycles. The second kappa shape index (κ2) is 16.4. The quantitative estimate of drug-likeness (QED) is 0.146. The van der Waals surface area contributed by atoms with E-state index in [2.05, 4.69) is 151 Å². The van der Waals surface area contributed by atoms with E-state index in [1.807, 2.05) is 72.9 Å². The Morgan fingerprint density at radius 2 is 0.617 bits per heavy atom. The summed E-state index contributed by atoms with van der Waals surface area (Å²) < 4.78 is 0. The SMILES string of the molecule is c1ccc(-c2ccc(-c3cc(-c4ccccn4)nc(-c4ccc(-c5ccc(-c6ccc(-c7nc(-c8ccccc8)cc(-c8ccccc8)n7)cc6)cc5)cn4)c3)cc2)cc1. The van der Waals surface area contributed by atoms with Gasteiger partial charge in [0.05, 0.1) is 34.2 Å². The van der Waals surface area contributed by atoms with E-state index in [4.69, 9.17) is 19.9 Å². The van der Waals surface area contributed by atoms with Crippen LogP contribution in [0.3, 0.4) is 0 Å². The number of benzene rings is 6. The summed E-state index contributed by atoms with van der Waals surface area (Å²) in [5.41, 5.74) is 16.9. The molecular formula is C55H37N5. The van der Waals surface area contributed by atoms with Crippen molar-refractivity contribution in [1.29, 1.82) is 0 Å². The fraction of sp³-hybridized carbons (Fsp3) is 0. The Hall–Kier alpha value is -8.15. The summed E-state index contributed by atoms with van der Waals surface area (Å²) in [4.78, 5) is 24.6. The molecule has 0 radical (unpaired) electrons. The van der Waals surface area contributed by atoms with Gasteiger partial charge >= 0.3 is 0 Å². The highest BCUT2D eigenvalue weighted by Gasteiger charge is 2.13. The number of nitrogens with zero attached hydrogens (tertiary/aromatic N) is 5. The maximum atomic E-state index is 5.04. The summed E-state index contributed by atoms with van der Waals surface area (Å²) in [6, 6.07) is 73.1. The molecule has 0 amide bonds. The summed E-state index contributed by atoms with van der Waals surface area (Å²) in [5, 5.41) is 0. The molecule has 0 aliphatic rings. The van der Waals surface area contributed by atoms with Crippen molar-refractivity contribution in [3.63, 3.8) is 0 Å². The molecule has 0 aliphatic carbocycles. The second-order valence-electron chi connectivity index (χ2n) is 14.6. The molecule has 282 valence electrons. The third-order valence-electron chi connectivity index (χ3n) is 10.7. The lowest BCUT2D eigenvalue weighted by Crippen LogP contribution is -1.95. The van der Waals surface area contributed by atoms with E-state index in [0.717, 1.165) is 84.2 Å². The van der Waals surface area contributed by atoms with E-state index >= 15 is 0 Å². The molecule has 10 rings (SSSR count). The van der Waals surface area contributed by atoms with Crippen molar-refractivity contribution in [2.45, 2.75) is 0 Å². The predicted molar refractivity (Wildman–Crippen MR) is 244 cm³/mol. The minimum absolute atomic E-state index is 0.695. The van der Waals surface area contributed by atoms with E-state index in [9.17, 15) is 0 Å². The van der Waals surface area contributed by atoms with Crippen LogP contribution in [0, 0.1) is 0 Å². The molecule has 4 aromatic heterocycles. The van der Waals surface area contributed by atoms with Crippen LogP contribution < -0.4 is 0 Å². The van der Waals surface area contributed by atoms with Crippen molar-refractivity contribution >= 4 is 0 Å². The summed E-state index contributed by atoms with van der Waals surface area (Å²) in [7, 11) is 0. The highest BCUT2D eigenvalue weighted by molar-refractivity contribution is 5.78. The van der Waals surface area contributed by atoms with Crippen LogP contribution in [-0.2, 0) is 0 Å². The van der Waals surface area contributed by atoms with Gasteiger partial charge in [-0.3, -0.25) is 9.97 Å². The lowest BCUT2D eigenvalue weighted by molar-refractivity contribution is 1.18. The van der Waals surface area contributed by atoms with Gasteiger partial charge in [-0.15, -0.1) is 0 Å². The van der Waals surface area contributed by atoms with Gasteiger partial charge in [-0.05, 0) is 75.3 Å². The average Bonchev–Trinajstić information content (AvgIpc) is 3.35. The number of rotatable bonds is 9. The monoisotopic (exact) mass is 767 g/mol. The van der Waals surface area contributed by atoms with Crippen molar-refractivity contribution in [3.8, 4) is 101 Å². The van der Waals surface area contributed by atoms with Gasteiger partial charge in [0.2, 0.25) is 0 Å². The molecule has 0 unspecified atom stereocenters. The zero-order valence-electron chi connectivity index (χ0n) is 32.6. The maximum absolute atomic E-state index is 5.04. The summed E-state index contributed by atoms with van der Waals surface area (Å²) in [6.07, 6.45) is 3.73. The molecular weight excluding hydrogens is 731 g/mol. The Morgan fingerprint density at radius 1 is 0.217 bits per heavy atom. The third-order valence-corrected chi connectivity index (χ3v) is 10.7. The van der Waals surface area contributed by atoms with Gasteiger partial charge in [-0.2, -0.15) is 0 Å². The fourth-order valence-electron chi connectivity index (χ4n) is 7.43. The van der Waals surface area contributed by atoms with E-state index in [1.54, 1.807) is 6.20 Å². The first-order valence-corrected chi connectivity index (χ1v) is 20.0. The fourth-order valence-corrected chi connectivity index (χ4v) is 7.43. The Labute approximate surface area is 349 Å². The lowest BCUT2D eigenvalue weighted by Gasteiger charge is -2.11. The number of aromatic nitrogens is 5. The first-order chi connectivity index (χ1) is 29.7. The van der Waals surface area contributed by atoms with E-state index in [-0.39, 0.29) is 0 Å². The van der Waals surface area contributed by atoms with Gasteiger partial charge in [0.1, 0.15) is 0 Å². The molecule has 0 aliphatic heterocycles. The predicted octanol–water partition coefficient (Wildman–Crippen LogP) is 13.7. The topological polar surface area (TPSA) is 64.5 Å². The largest absolute Gasteiger partial charge is 0.255 e. The standard InChI is InChI=1S/C55H37N5/c1-4-12-38(13-5-1)39-21-25-43(26-22-39)48-34-53(49-18-10-11-33-56-49)58-54(35-48)50-32-31-47(37-57-50)42-23-19-40(20-24-42)41-27-29-46(30-28-41)55-59-51(44-14-6-2-7-15-44)36-52(60-55)45-16-8-3-9-17-45/h1-37H. The van der Waals surface area contributed by atoms with Crippen LogP contribution in [0.5, 0.6) is 0 Å². The van der Waals surface area contributed by atoms with Crippen molar-refractivity contribution in [2.24, 2.45) is 0 Å². The van der Waals surface area contributed by atoms with E-state index < -0.39 is 0 Å². The molecule has 0 saturated carbocycles. The van der Waals surface area contributed by atoms with Crippen LogP contribution in [0.25, 0.3) is 101 Å². The van der Waals surface area contributed by atoms with Gasteiger partial charge in [0, 0.05) is 34.6 Å². The minimum atomic E-state index is 0.695. The highest BCUT2D eigenvalue weighted by atomic mass is 14.9. The van der Waals surface area contributed by atoms with Crippen LogP contribution in [0.2, 0.25) is 0 Å². The summed E-state index contributed by atoms with van der Waals surface area (Å²) in [6.45, 7) is 0. The highest BCUT2D eigenvalue weighted by Crippen LogP contribution is 2.33. The zero-order chi connectivity index (χ0) is 40.1. The van der Waals surface area contributed by atoms with Crippen molar-refractivity contribution < 1.29 is 0 Å². The first-order valence-electron chi connectivity index (χ1n) is 20.0. The third kappa shape index (κ3) is 7.76. The van der Waals surface area contributed by atoms with Gasteiger partial charge in [-0.1, -0.05) is 176 Å². The molecule has 0 bridgehead atoms. The summed E-state index contributed by atoms with van der Waals surface area (Å²) in [5.74, 6) is 0.695. The Kier molecular flexibility index (Phi) is 9.88. The van der Waals surface area contributed by atoms with Gasteiger partial charge in [0.15, 0.2) is 5.82 Å². The maximum Gasteiger partial charge on any atom is 0.160 e. The summed E-state index contributed by atoms with van der Waals surface area (Å²) >= 11 is 0. The van der Waals surface area contributed by atoms with Gasteiger partial charge in [0.25, 0.3) is 0 Å². The molecule has 60 heavy (non-hydrogen) atoms. The molecule has 0 spiro atoms. The van der Waals surface area contributed by atoms with Crippen molar-refractivity contribution in [2.75, 3.05) is 0 Å². The van der Waals surface area contributed by atoms with Crippen LogP contribution in [-0.4, -0.2) is 24.9 Å². The van der Waals surface area contributed by atoms with Crippen molar-refractivity contribution in [1.82, 2.24) is 24.9 Å². The molecule has 5 nitrogen and oxygen atoms in total. The van der Waals surface area contributed by atoms with Crippen LogP contribution in [0.15, 0.2) is 225 Å². The van der Waals surface area contributed by atoms with Gasteiger partial charge < -0.3 is 0 Å².